The fourth-order valence-corrected chi connectivity index (χ4v) is 4.63. The summed E-state index contributed by atoms with van der Waals surface area (Å²) < 4.78 is 0. The highest BCUT2D eigenvalue weighted by molar-refractivity contribution is 14.0. The van der Waals surface area contributed by atoms with Crippen molar-refractivity contribution in [2.45, 2.75) is 65.1 Å². The minimum Gasteiger partial charge on any atom is -0.357 e. The van der Waals surface area contributed by atoms with Gasteiger partial charge < -0.3 is 15.5 Å². The molecule has 5 nitrogen and oxygen atoms in total. The molecule has 170 valence electrons. The third-order valence-electron chi connectivity index (χ3n) is 6.26. The number of guanidine groups is 1. The summed E-state index contributed by atoms with van der Waals surface area (Å²) in [5, 5.41) is 7.18. The molecular weight excluding hydrogens is 485 g/mol. The molecule has 1 aromatic carbocycles. The molecule has 0 saturated carbocycles. The Morgan fingerprint density at radius 3 is 2.57 bits per heavy atom. The van der Waals surface area contributed by atoms with Gasteiger partial charge in [0.2, 0.25) is 0 Å². The molecule has 2 heterocycles. The Morgan fingerprint density at radius 2 is 1.90 bits per heavy atom. The van der Waals surface area contributed by atoms with Gasteiger partial charge in [0.05, 0.1) is 0 Å². The van der Waals surface area contributed by atoms with E-state index in [9.17, 15) is 0 Å². The number of halogens is 1. The molecule has 0 aliphatic carbocycles. The number of hydrogen-bond donors (Lipinski definition) is 2. The van der Waals surface area contributed by atoms with Crippen LogP contribution in [-0.4, -0.2) is 67.1 Å². The maximum absolute atomic E-state index is 4.92. The average Bonchev–Trinajstić information content (AvgIpc) is 3.22. The van der Waals surface area contributed by atoms with E-state index < -0.39 is 0 Å². The zero-order chi connectivity index (χ0) is 20.5. The number of likely N-dealkylation sites (tertiary alicyclic amines) is 2. The molecule has 3 rings (SSSR count). The summed E-state index contributed by atoms with van der Waals surface area (Å²) >= 11 is 0. The number of piperidine rings is 1. The van der Waals surface area contributed by atoms with E-state index in [-0.39, 0.29) is 24.0 Å². The van der Waals surface area contributed by atoms with Crippen molar-refractivity contribution < 1.29 is 0 Å². The number of aliphatic imine (C=N–C) groups is 1. The first-order chi connectivity index (χ1) is 14.1. The largest absolute Gasteiger partial charge is 0.357 e. The van der Waals surface area contributed by atoms with Crippen molar-refractivity contribution in [3.05, 3.63) is 35.9 Å². The fourth-order valence-electron chi connectivity index (χ4n) is 4.63. The van der Waals surface area contributed by atoms with Crippen LogP contribution >= 0.6 is 24.0 Å². The predicted octanol–water partition coefficient (Wildman–Crippen LogP) is 3.94. The third kappa shape index (κ3) is 8.35. The summed E-state index contributed by atoms with van der Waals surface area (Å²) in [6, 6.07) is 11.9. The van der Waals surface area contributed by atoms with Gasteiger partial charge in [0.25, 0.3) is 0 Å². The molecule has 0 spiro atoms. The fraction of sp³-hybridized carbons (Fsp3) is 0.708. The van der Waals surface area contributed by atoms with Crippen LogP contribution in [0.3, 0.4) is 0 Å². The van der Waals surface area contributed by atoms with Gasteiger partial charge in [0.1, 0.15) is 0 Å². The van der Waals surface area contributed by atoms with Gasteiger partial charge >= 0.3 is 0 Å². The van der Waals surface area contributed by atoms with Crippen molar-refractivity contribution in [2.75, 3.05) is 39.3 Å². The van der Waals surface area contributed by atoms with Gasteiger partial charge in [0.15, 0.2) is 5.96 Å². The van der Waals surface area contributed by atoms with Crippen LogP contribution in [0.2, 0.25) is 0 Å². The second-order valence-corrected chi connectivity index (χ2v) is 9.00. The molecule has 2 saturated heterocycles. The Balaban J connectivity index is 0.00000320. The summed E-state index contributed by atoms with van der Waals surface area (Å²) in [6.45, 7) is 14.6. The third-order valence-corrected chi connectivity index (χ3v) is 6.26. The van der Waals surface area contributed by atoms with Crippen LogP contribution in [-0.2, 0) is 6.54 Å². The first kappa shape index (κ1) is 25.4. The molecule has 0 amide bonds. The zero-order valence-electron chi connectivity index (χ0n) is 19.1. The van der Waals surface area contributed by atoms with Crippen molar-refractivity contribution in [3.63, 3.8) is 0 Å². The standard InChI is InChI=1S/C24H41N5.HI/c1-4-25-24(26-17-20(2)18-28-13-8-9-14-28)27-23-12-15-29(21(3)16-23)19-22-10-6-5-7-11-22;/h5-7,10-11,20-21,23H,4,8-9,12-19H2,1-3H3,(H2,25,26,27);1H. The van der Waals surface area contributed by atoms with Crippen LogP contribution in [0.4, 0.5) is 0 Å². The monoisotopic (exact) mass is 527 g/mol. The van der Waals surface area contributed by atoms with Crippen molar-refractivity contribution in [2.24, 2.45) is 10.9 Å². The van der Waals surface area contributed by atoms with Gasteiger partial charge in [-0.25, -0.2) is 0 Å². The van der Waals surface area contributed by atoms with Gasteiger partial charge in [-0.2, -0.15) is 0 Å². The molecule has 3 atom stereocenters. The van der Waals surface area contributed by atoms with E-state index in [0.29, 0.717) is 18.0 Å². The van der Waals surface area contributed by atoms with E-state index in [1.54, 1.807) is 0 Å². The number of benzene rings is 1. The van der Waals surface area contributed by atoms with Crippen LogP contribution in [0.15, 0.2) is 35.3 Å². The van der Waals surface area contributed by atoms with E-state index in [1.807, 2.05) is 0 Å². The van der Waals surface area contributed by atoms with Crippen molar-refractivity contribution >= 4 is 29.9 Å². The van der Waals surface area contributed by atoms with Crippen LogP contribution in [0, 0.1) is 5.92 Å². The van der Waals surface area contributed by atoms with Crippen LogP contribution in [0.5, 0.6) is 0 Å². The molecule has 2 aliphatic rings. The van der Waals surface area contributed by atoms with Crippen molar-refractivity contribution in [1.82, 2.24) is 20.4 Å². The van der Waals surface area contributed by atoms with Gasteiger partial charge in [-0.05, 0) is 64.1 Å². The molecule has 0 radical (unpaired) electrons. The van der Waals surface area contributed by atoms with E-state index in [0.717, 1.165) is 32.1 Å². The van der Waals surface area contributed by atoms with Crippen molar-refractivity contribution in [1.29, 1.82) is 0 Å². The zero-order valence-corrected chi connectivity index (χ0v) is 21.5. The van der Waals surface area contributed by atoms with Gasteiger partial charge in [-0.3, -0.25) is 9.89 Å². The molecule has 6 heteroatoms. The molecule has 30 heavy (non-hydrogen) atoms. The molecule has 3 unspecified atom stereocenters. The number of hydrogen-bond acceptors (Lipinski definition) is 3. The lowest BCUT2D eigenvalue weighted by Crippen LogP contribution is -2.51. The summed E-state index contributed by atoms with van der Waals surface area (Å²) in [5.74, 6) is 1.60. The van der Waals surface area contributed by atoms with Gasteiger partial charge in [0, 0.05) is 44.8 Å². The minimum atomic E-state index is 0. The summed E-state index contributed by atoms with van der Waals surface area (Å²) in [5.41, 5.74) is 1.41. The maximum Gasteiger partial charge on any atom is 0.191 e. The summed E-state index contributed by atoms with van der Waals surface area (Å²) in [6.07, 6.45) is 5.06. The highest BCUT2D eigenvalue weighted by Gasteiger charge is 2.26. The summed E-state index contributed by atoms with van der Waals surface area (Å²) in [4.78, 5) is 10.1. The average molecular weight is 528 g/mol. The summed E-state index contributed by atoms with van der Waals surface area (Å²) in [7, 11) is 0. The quantitative estimate of drug-likeness (QED) is 0.306. The topological polar surface area (TPSA) is 42.9 Å². The molecule has 2 N–H and O–H groups in total. The maximum atomic E-state index is 4.92. The lowest BCUT2D eigenvalue weighted by atomic mass is 9.97. The Morgan fingerprint density at radius 1 is 1.17 bits per heavy atom. The van der Waals surface area contributed by atoms with Gasteiger partial charge in [-0.15, -0.1) is 24.0 Å². The lowest BCUT2D eigenvalue weighted by Gasteiger charge is -2.38. The Bertz CT molecular complexity index is 617. The smallest absolute Gasteiger partial charge is 0.191 e. The van der Waals surface area contributed by atoms with Crippen LogP contribution < -0.4 is 10.6 Å². The van der Waals surface area contributed by atoms with Gasteiger partial charge in [-0.1, -0.05) is 37.3 Å². The number of rotatable bonds is 8. The molecular formula is C24H42IN5. The van der Waals surface area contributed by atoms with E-state index in [1.165, 1.54) is 50.9 Å². The molecule has 0 aromatic heterocycles. The molecule has 2 fully saturated rings. The lowest BCUT2D eigenvalue weighted by molar-refractivity contribution is 0.134. The second kappa shape index (κ2) is 13.5. The number of nitrogens with zero attached hydrogens (tertiary/aromatic N) is 3. The Hall–Kier alpha value is -0.860. The van der Waals surface area contributed by atoms with E-state index in [4.69, 9.17) is 4.99 Å². The highest BCUT2D eigenvalue weighted by Crippen LogP contribution is 2.20. The first-order valence-electron chi connectivity index (χ1n) is 11.7. The van der Waals surface area contributed by atoms with Crippen LogP contribution in [0.1, 0.15) is 52.0 Å². The molecule has 2 aliphatic heterocycles. The predicted molar refractivity (Wildman–Crippen MR) is 139 cm³/mol. The SMILES string of the molecule is CCNC(=NCC(C)CN1CCCC1)NC1CCN(Cc2ccccc2)C(C)C1.I. The van der Waals surface area contributed by atoms with Crippen LogP contribution in [0.25, 0.3) is 0 Å². The number of nitrogens with one attached hydrogen (secondary N) is 2. The minimum absolute atomic E-state index is 0. The molecule has 1 aromatic rings. The Kier molecular flexibility index (Phi) is 11.5. The van der Waals surface area contributed by atoms with E-state index >= 15 is 0 Å². The normalized spacial score (nSPS) is 24.3. The molecule has 0 bridgehead atoms. The Labute approximate surface area is 201 Å². The van der Waals surface area contributed by atoms with E-state index in [2.05, 4.69) is 71.5 Å². The highest BCUT2D eigenvalue weighted by atomic mass is 127. The first-order valence-corrected chi connectivity index (χ1v) is 11.7. The van der Waals surface area contributed by atoms with Crippen molar-refractivity contribution in [3.8, 4) is 0 Å². The second-order valence-electron chi connectivity index (χ2n) is 9.00.